The largest absolute Gasteiger partial charge is 0.416 e. The van der Waals surface area contributed by atoms with E-state index in [-0.39, 0.29) is 16.9 Å². The number of aromatic nitrogens is 1. The molecular formula is C14H12F3N3O4S. The average molecular weight is 375 g/mol. The van der Waals surface area contributed by atoms with E-state index in [4.69, 9.17) is 5.21 Å². The van der Waals surface area contributed by atoms with Crippen molar-refractivity contribution in [2.75, 3.05) is 4.72 Å². The Kier molecular flexibility index (Phi) is 5.28. The summed E-state index contributed by atoms with van der Waals surface area (Å²) in [7, 11) is -4.04. The van der Waals surface area contributed by atoms with Crippen molar-refractivity contribution in [3.05, 3.63) is 59.4 Å². The van der Waals surface area contributed by atoms with Gasteiger partial charge in [0.1, 0.15) is 5.69 Å². The normalized spacial score (nSPS) is 11.8. The second kappa shape index (κ2) is 7.07. The molecule has 2 rings (SSSR count). The summed E-state index contributed by atoms with van der Waals surface area (Å²) in [6.07, 6.45) is -3.45. The van der Waals surface area contributed by atoms with Crippen LogP contribution >= 0.6 is 0 Å². The number of nitrogens with zero attached hydrogens (tertiary/aromatic N) is 1. The molecule has 0 spiro atoms. The zero-order valence-electron chi connectivity index (χ0n) is 12.4. The fourth-order valence-electron chi connectivity index (χ4n) is 1.95. The number of hydroxylamine groups is 1. The first-order chi connectivity index (χ1) is 11.6. The molecule has 0 aliphatic rings. The highest BCUT2D eigenvalue weighted by Gasteiger charge is 2.30. The van der Waals surface area contributed by atoms with Crippen LogP contribution < -0.4 is 10.2 Å². The molecule has 25 heavy (non-hydrogen) atoms. The SMILES string of the molecule is O=C(NO)c1cc(NS(=O)(=O)Cc2cccc(C(F)(F)F)c2)ccn1. The molecule has 7 nitrogen and oxygen atoms in total. The Bertz CT molecular complexity index is 885. The van der Waals surface area contributed by atoms with Crippen LogP contribution in [0.15, 0.2) is 42.6 Å². The molecule has 1 amide bonds. The fourth-order valence-corrected chi connectivity index (χ4v) is 3.12. The van der Waals surface area contributed by atoms with Gasteiger partial charge >= 0.3 is 6.18 Å². The first kappa shape index (κ1) is 18.7. The molecule has 0 saturated heterocycles. The lowest BCUT2D eigenvalue weighted by atomic mass is 10.1. The van der Waals surface area contributed by atoms with Gasteiger partial charge < -0.3 is 0 Å². The number of carbonyl (C=O) groups excluding carboxylic acids is 1. The van der Waals surface area contributed by atoms with Crippen molar-refractivity contribution in [3.63, 3.8) is 0 Å². The van der Waals surface area contributed by atoms with Crippen molar-refractivity contribution in [1.29, 1.82) is 0 Å². The van der Waals surface area contributed by atoms with Crippen LogP contribution in [0.2, 0.25) is 0 Å². The number of benzene rings is 1. The van der Waals surface area contributed by atoms with E-state index in [1.54, 1.807) is 0 Å². The minimum atomic E-state index is -4.58. The molecule has 11 heteroatoms. The van der Waals surface area contributed by atoms with Gasteiger partial charge in [-0.1, -0.05) is 18.2 Å². The molecule has 1 aromatic heterocycles. The lowest BCUT2D eigenvalue weighted by Crippen LogP contribution is -2.21. The van der Waals surface area contributed by atoms with E-state index in [1.165, 1.54) is 17.6 Å². The number of sulfonamides is 1. The molecule has 1 heterocycles. The number of anilines is 1. The first-order valence-electron chi connectivity index (χ1n) is 6.68. The quantitative estimate of drug-likeness (QED) is 0.548. The summed E-state index contributed by atoms with van der Waals surface area (Å²) in [6, 6.07) is 6.27. The number of amides is 1. The van der Waals surface area contributed by atoms with Crippen LogP contribution in [0.5, 0.6) is 0 Å². The Morgan fingerprint density at radius 1 is 1.20 bits per heavy atom. The number of pyridine rings is 1. The average Bonchev–Trinajstić information content (AvgIpc) is 2.52. The van der Waals surface area contributed by atoms with Crippen molar-refractivity contribution in [2.45, 2.75) is 11.9 Å². The summed E-state index contributed by atoms with van der Waals surface area (Å²) in [5.74, 6) is -1.64. The van der Waals surface area contributed by atoms with Crippen LogP contribution in [0.25, 0.3) is 0 Å². The lowest BCUT2D eigenvalue weighted by molar-refractivity contribution is -0.137. The van der Waals surface area contributed by atoms with Crippen LogP contribution in [-0.2, 0) is 22.0 Å². The van der Waals surface area contributed by atoms with Crippen LogP contribution in [0, 0.1) is 0 Å². The maximum atomic E-state index is 12.7. The zero-order chi connectivity index (χ0) is 18.7. The van der Waals surface area contributed by atoms with Gasteiger partial charge in [-0.15, -0.1) is 0 Å². The van der Waals surface area contributed by atoms with E-state index in [9.17, 15) is 26.4 Å². The maximum Gasteiger partial charge on any atom is 0.416 e. The van der Waals surface area contributed by atoms with Crippen molar-refractivity contribution >= 4 is 21.6 Å². The summed E-state index contributed by atoms with van der Waals surface area (Å²) in [5, 5.41) is 8.53. The number of rotatable bonds is 5. The topological polar surface area (TPSA) is 108 Å². The van der Waals surface area contributed by atoms with E-state index in [0.29, 0.717) is 0 Å². The molecule has 1 aromatic carbocycles. The third-order valence-electron chi connectivity index (χ3n) is 2.98. The predicted octanol–water partition coefficient (Wildman–Crippen LogP) is 2.16. The summed E-state index contributed by atoms with van der Waals surface area (Å²) in [4.78, 5) is 14.9. The number of hydrogen-bond acceptors (Lipinski definition) is 5. The van der Waals surface area contributed by atoms with Gasteiger partial charge in [0, 0.05) is 6.20 Å². The van der Waals surface area contributed by atoms with Gasteiger partial charge in [-0.3, -0.25) is 19.7 Å². The Hall–Kier alpha value is -2.66. The molecule has 0 radical (unpaired) electrons. The Morgan fingerprint density at radius 2 is 1.92 bits per heavy atom. The molecule has 0 unspecified atom stereocenters. The van der Waals surface area contributed by atoms with Crippen molar-refractivity contribution in [1.82, 2.24) is 10.5 Å². The molecule has 0 bridgehead atoms. The van der Waals surface area contributed by atoms with E-state index in [1.807, 2.05) is 0 Å². The van der Waals surface area contributed by atoms with Gasteiger partial charge in [0.15, 0.2) is 0 Å². The zero-order valence-corrected chi connectivity index (χ0v) is 13.2. The highest BCUT2D eigenvalue weighted by atomic mass is 32.2. The first-order valence-corrected chi connectivity index (χ1v) is 8.33. The third-order valence-corrected chi connectivity index (χ3v) is 4.24. The highest BCUT2D eigenvalue weighted by molar-refractivity contribution is 7.91. The Labute approximate surface area is 140 Å². The number of halogens is 3. The molecule has 0 fully saturated rings. The minimum absolute atomic E-state index is 0.0272. The molecule has 134 valence electrons. The van der Waals surface area contributed by atoms with Gasteiger partial charge in [-0.2, -0.15) is 13.2 Å². The highest BCUT2D eigenvalue weighted by Crippen LogP contribution is 2.30. The lowest BCUT2D eigenvalue weighted by Gasteiger charge is -2.11. The van der Waals surface area contributed by atoms with Gasteiger partial charge in [0.25, 0.3) is 5.91 Å². The smallest absolute Gasteiger partial charge is 0.288 e. The molecule has 3 N–H and O–H groups in total. The molecule has 0 aliphatic heterocycles. The summed E-state index contributed by atoms with van der Waals surface area (Å²) in [5.41, 5.74) is 0.0667. The number of alkyl halides is 3. The van der Waals surface area contributed by atoms with Gasteiger partial charge in [0.05, 0.1) is 17.0 Å². The maximum absolute atomic E-state index is 12.7. The van der Waals surface area contributed by atoms with Gasteiger partial charge in [-0.05, 0) is 23.8 Å². The van der Waals surface area contributed by atoms with Crippen molar-refractivity contribution in [2.24, 2.45) is 0 Å². The van der Waals surface area contributed by atoms with Crippen LogP contribution in [-0.4, -0.2) is 24.5 Å². The molecule has 0 saturated carbocycles. The van der Waals surface area contributed by atoms with Crippen molar-refractivity contribution in [3.8, 4) is 0 Å². The Morgan fingerprint density at radius 3 is 2.56 bits per heavy atom. The predicted molar refractivity (Wildman–Crippen MR) is 81.2 cm³/mol. The fraction of sp³-hybridized carbons (Fsp3) is 0.143. The van der Waals surface area contributed by atoms with Crippen molar-refractivity contribution < 1.29 is 31.6 Å². The second-order valence-electron chi connectivity index (χ2n) is 4.93. The molecule has 0 atom stereocenters. The molecule has 0 aliphatic carbocycles. The summed E-state index contributed by atoms with van der Waals surface area (Å²) < 4.78 is 64.4. The van der Waals surface area contributed by atoms with Gasteiger partial charge in [-0.25, -0.2) is 13.9 Å². The van der Waals surface area contributed by atoms with E-state index in [2.05, 4.69) is 9.71 Å². The molecular weight excluding hydrogens is 363 g/mol. The van der Waals surface area contributed by atoms with E-state index in [0.717, 1.165) is 30.5 Å². The number of carbonyl (C=O) groups is 1. The standard InChI is InChI=1S/C14H12F3N3O4S/c15-14(16,17)10-3-1-2-9(6-10)8-25(23,24)20-11-4-5-18-12(7-11)13(21)19-22/h1-7,22H,8H2,(H,18,20)(H,19,21). The monoisotopic (exact) mass is 375 g/mol. The van der Waals surface area contributed by atoms with Crippen LogP contribution in [0.4, 0.5) is 18.9 Å². The van der Waals surface area contributed by atoms with Crippen LogP contribution in [0.1, 0.15) is 21.6 Å². The van der Waals surface area contributed by atoms with E-state index >= 15 is 0 Å². The minimum Gasteiger partial charge on any atom is -0.288 e. The van der Waals surface area contributed by atoms with E-state index < -0.39 is 33.4 Å². The summed E-state index contributed by atoms with van der Waals surface area (Å²) in [6.45, 7) is 0. The third kappa shape index (κ3) is 5.16. The second-order valence-corrected chi connectivity index (χ2v) is 6.65. The van der Waals surface area contributed by atoms with Gasteiger partial charge in [0.2, 0.25) is 10.0 Å². The number of hydrogen-bond donors (Lipinski definition) is 3. The van der Waals surface area contributed by atoms with Crippen LogP contribution in [0.3, 0.4) is 0 Å². The number of nitrogens with one attached hydrogen (secondary N) is 2. The molecule has 2 aromatic rings. The Balaban J connectivity index is 2.19. The summed E-state index contributed by atoms with van der Waals surface area (Å²) >= 11 is 0.